The predicted molar refractivity (Wildman–Crippen MR) is 101 cm³/mol. The molecule has 2 heterocycles. The zero-order valence-corrected chi connectivity index (χ0v) is 13.9. The highest BCUT2D eigenvalue weighted by molar-refractivity contribution is 5.88. The Balaban J connectivity index is 1.57. The van der Waals surface area contributed by atoms with Crippen molar-refractivity contribution in [2.75, 3.05) is 5.43 Å². The summed E-state index contributed by atoms with van der Waals surface area (Å²) in [5, 5.41) is 19.9. The van der Waals surface area contributed by atoms with Gasteiger partial charge in [-0.15, -0.1) is 0 Å². The van der Waals surface area contributed by atoms with Gasteiger partial charge in [0.2, 0.25) is 0 Å². The summed E-state index contributed by atoms with van der Waals surface area (Å²) < 4.78 is 1.72. The van der Waals surface area contributed by atoms with Gasteiger partial charge >= 0.3 is 0 Å². The van der Waals surface area contributed by atoms with Gasteiger partial charge in [-0.25, -0.2) is 14.6 Å². The molecule has 0 aliphatic heterocycles. The van der Waals surface area contributed by atoms with E-state index in [1.54, 1.807) is 29.2 Å². The molecule has 9 nitrogen and oxygen atoms in total. The molecule has 9 heteroatoms. The second-order valence-corrected chi connectivity index (χ2v) is 5.57. The number of fused-ring (bicyclic) bond motifs is 1. The Morgan fingerprint density at radius 3 is 2.59 bits per heavy atom. The molecule has 0 radical (unpaired) electrons. The van der Waals surface area contributed by atoms with Gasteiger partial charge in [0.05, 0.1) is 28.4 Å². The first-order valence-electron chi connectivity index (χ1n) is 8.00. The van der Waals surface area contributed by atoms with Gasteiger partial charge in [-0.05, 0) is 29.8 Å². The summed E-state index contributed by atoms with van der Waals surface area (Å²) in [6.45, 7) is 0. The lowest BCUT2D eigenvalue weighted by atomic mass is 10.2. The number of benzene rings is 2. The fraction of sp³-hybridized carbons (Fsp3) is 0. The van der Waals surface area contributed by atoms with Gasteiger partial charge in [0.15, 0.2) is 11.5 Å². The molecule has 0 saturated carbocycles. The van der Waals surface area contributed by atoms with Crippen LogP contribution in [0.25, 0.3) is 16.7 Å². The Morgan fingerprint density at radius 1 is 1.07 bits per heavy atom. The zero-order chi connectivity index (χ0) is 18.6. The maximum absolute atomic E-state index is 10.7. The third-order valence-electron chi connectivity index (χ3n) is 3.85. The van der Waals surface area contributed by atoms with Crippen LogP contribution in [0.15, 0.2) is 72.2 Å². The molecule has 4 aromatic rings. The smallest absolute Gasteiger partial charge is 0.261 e. The largest absolute Gasteiger partial charge is 0.269 e. The van der Waals surface area contributed by atoms with E-state index in [4.69, 9.17) is 0 Å². The molecule has 2 aromatic carbocycles. The minimum atomic E-state index is -0.443. The fourth-order valence-electron chi connectivity index (χ4n) is 2.54. The van der Waals surface area contributed by atoms with Crippen LogP contribution in [0.1, 0.15) is 5.56 Å². The van der Waals surface area contributed by atoms with Crippen LogP contribution in [-0.2, 0) is 0 Å². The van der Waals surface area contributed by atoms with Crippen LogP contribution in [0.3, 0.4) is 0 Å². The number of para-hydroxylation sites is 1. The van der Waals surface area contributed by atoms with E-state index >= 15 is 0 Å². The number of aromatic nitrogens is 4. The minimum Gasteiger partial charge on any atom is -0.261 e. The van der Waals surface area contributed by atoms with E-state index < -0.39 is 4.92 Å². The molecule has 0 aliphatic rings. The Labute approximate surface area is 153 Å². The molecule has 0 spiro atoms. The van der Waals surface area contributed by atoms with Crippen molar-refractivity contribution in [1.82, 2.24) is 19.7 Å². The molecule has 132 valence electrons. The van der Waals surface area contributed by atoms with Crippen molar-refractivity contribution in [3.63, 3.8) is 0 Å². The summed E-state index contributed by atoms with van der Waals surface area (Å²) in [6, 6.07) is 15.8. The molecule has 0 bridgehead atoms. The number of nitro benzene ring substituents is 1. The van der Waals surface area contributed by atoms with Crippen LogP contribution >= 0.6 is 0 Å². The summed E-state index contributed by atoms with van der Waals surface area (Å²) in [6.07, 6.45) is 4.67. The van der Waals surface area contributed by atoms with Crippen LogP contribution < -0.4 is 5.43 Å². The third-order valence-corrected chi connectivity index (χ3v) is 3.85. The zero-order valence-electron chi connectivity index (χ0n) is 13.9. The van der Waals surface area contributed by atoms with E-state index in [-0.39, 0.29) is 5.69 Å². The quantitative estimate of drug-likeness (QED) is 0.333. The van der Waals surface area contributed by atoms with Gasteiger partial charge in [-0.2, -0.15) is 10.2 Å². The Morgan fingerprint density at radius 2 is 1.85 bits per heavy atom. The van der Waals surface area contributed by atoms with E-state index in [0.29, 0.717) is 11.5 Å². The molecule has 0 amide bonds. The molecule has 4 rings (SSSR count). The van der Waals surface area contributed by atoms with Crippen LogP contribution in [-0.4, -0.2) is 30.9 Å². The summed E-state index contributed by atoms with van der Waals surface area (Å²) in [4.78, 5) is 18.7. The molecule has 1 N–H and O–H groups in total. The maximum atomic E-state index is 10.7. The highest BCUT2D eigenvalue weighted by Crippen LogP contribution is 2.21. The van der Waals surface area contributed by atoms with E-state index in [2.05, 4.69) is 25.6 Å². The molecular weight excluding hydrogens is 346 g/mol. The molecule has 27 heavy (non-hydrogen) atoms. The van der Waals surface area contributed by atoms with E-state index in [1.807, 2.05) is 30.3 Å². The number of rotatable bonds is 5. The van der Waals surface area contributed by atoms with Crippen molar-refractivity contribution in [3.05, 3.63) is 82.8 Å². The van der Waals surface area contributed by atoms with Crippen molar-refractivity contribution in [2.45, 2.75) is 0 Å². The molecule has 0 unspecified atom stereocenters. The van der Waals surface area contributed by atoms with Crippen LogP contribution in [0, 0.1) is 10.1 Å². The first kappa shape index (κ1) is 16.3. The average molecular weight is 359 g/mol. The number of hydrogen-bond donors (Lipinski definition) is 1. The Kier molecular flexibility index (Phi) is 4.24. The van der Waals surface area contributed by atoms with E-state index in [0.717, 1.165) is 16.6 Å². The molecule has 0 saturated heterocycles. The van der Waals surface area contributed by atoms with E-state index in [1.165, 1.54) is 18.5 Å². The van der Waals surface area contributed by atoms with Crippen LogP contribution in [0.5, 0.6) is 0 Å². The monoisotopic (exact) mass is 359 g/mol. The predicted octanol–water partition coefficient (Wildman–Crippen LogP) is 3.17. The molecule has 2 aromatic heterocycles. The van der Waals surface area contributed by atoms with Crippen LogP contribution in [0.2, 0.25) is 0 Å². The molecular formula is C18H13N7O2. The second-order valence-electron chi connectivity index (χ2n) is 5.57. The Bertz CT molecular complexity index is 1120. The third kappa shape index (κ3) is 3.33. The molecule has 0 atom stereocenters. The fourth-order valence-corrected chi connectivity index (χ4v) is 2.54. The first-order chi connectivity index (χ1) is 13.2. The minimum absolute atomic E-state index is 0.0333. The summed E-state index contributed by atoms with van der Waals surface area (Å²) in [5.41, 5.74) is 5.18. The number of hydrazone groups is 1. The first-order valence-corrected chi connectivity index (χ1v) is 8.00. The van der Waals surface area contributed by atoms with Crippen molar-refractivity contribution in [2.24, 2.45) is 5.10 Å². The highest BCUT2D eigenvalue weighted by Gasteiger charge is 2.10. The van der Waals surface area contributed by atoms with Crippen molar-refractivity contribution >= 4 is 28.8 Å². The van der Waals surface area contributed by atoms with E-state index in [9.17, 15) is 10.1 Å². The lowest BCUT2D eigenvalue weighted by Gasteiger charge is -2.03. The number of non-ortho nitro benzene ring substituents is 1. The summed E-state index contributed by atoms with van der Waals surface area (Å²) >= 11 is 0. The van der Waals surface area contributed by atoms with Crippen molar-refractivity contribution < 1.29 is 4.92 Å². The topological polar surface area (TPSA) is 111 Å². The molecule has 0 aliphatic carbocycles. The van der Waals surface area contributed by atoms with Gasteiger partial charge in [0, 0.05) is 12.1 Å². The standard InChI is InChI=1S/C18H13N7O2/c26-25(27)15-8-6-13(7-9-15)10-21-23-17-16-11-22-24(18(16)20-12-19-17)14-4-2-1-3-5-14/h1-12H,(H,19,20,23)/b21-10-. The number of hydrogen-bond acceptors (Lipinski definition) is 7. The van der Waals surface area contributed by atoms with Crippen molar-refractivity contribution in [3.8, 4) is 5.69 Å². The lowest BCUT2D eigenvalue weighted by molar-refractivity contribution is -0.384. The average Bonchev–Trinajstić information content (AvgIpc) is 3.14. The van der Waals surface area contributed by atoms with Gasteiger partial charge in [-0.3, -0.25) is 15.5 Å². The Hall–Kier alpha value is -4.14. The number of nitro groups is 1. The SMILES string of the molecule is O=[N+]([O-])c1ccc(/C=N\Nc2ncnc3c2cnn3-c2ccccc2)cc1. The van der Waals surface area contributed by atoms with Gasteiger partial charge in [-0.1, -0.05) is 18.2 Å². The van der Waals surface area contributed by atoms with Crippen LogP contribution in [0.4, 0.5) is 11.5 Å². The number of nitrogens with one attached hydrogen (secondary N) is 1. The lowest BCUT2D eigenvalue weighted by Crippen LogP contribution is -1.99. The number of anilines is 1. The van der Waals surface area contributed by atoms with Gasteiger partial charge in [0.1, 0.15) is 6.33 Å². The second kappa shape index (κ2) is 7.00. The van der Waals surface area contributed by atoms with Gasteiger partial charge in [0.25, 0.3) is 5.69 Å². The summed E-state index contributed by atoms with van der Waals surface area (Å²) in [5.74, 6) is 0.514. The normalized spacial score (nSPS) is 11.1. The van der Waals surface area contributed by atoms with Gasteiger partial charge < -0.3 is 0 Å². The number of nitrogens with zero attached hydrogens (tertiary/aromatic N) is 6. The maximum Gasteiger partial charge on any atom is 0.269 e. The molecule has 0 fully saturated rings. The van der Waals surface area contributed by atoms with Crippen molar-refractivity contribution in [1.29, 1.82) is 0 Å². The highest BCUT2D eigenvalue weighted by atomic mass is 16.6. The summed E-state index contributed by atoms with van der Waals surface area (Å²) in [7, 11) is 0.